The van der Waals surface area contributed by atoms with Crippen molar-refractivity contribution in [3.05, 3.63) is 0 Å². The second kappa shape index (κ2) is 5.40. The molecule has 1 aliphatic heterocycles. The van der Waals surface area contributed by atoms with Crippen molar-refractivity contribution >= 4 is 17.3 Å². The zero-order valence-corrected chi connectivity index (χ0v) is 9.19. The van der Waals surface area contributed by atoms with Gasteiger partial charge in [0.15, 0.2) is 5.11 Å². The van der Waals surface area contributed by atoms with Crippen LogP contribution >= 0.6 is 12.2 Å². The van der Waals surface area contributed by atoms with E-state index in [1.807, 2.05) is 7.05 Å². The topological polar surface area (TPSA) is 24.5 Å². The molecule has 0 radical (unpaired) electrons. The molecule has 1 fully saturated rings. The van der Waals surface area contributed by atoms with Gasteiger partial charge in [0, 0.05) is 20.1 Å². The van der Waals surface area contributed by atoms with E-state index in [9.17, 15) is 0 Å². The van der Waals surface area contributed by atoms with Crippen LogP contribution in [0.15, 0.2) is 0 Å². The summed E-state index contributed by atoms with van der Waals surface area (Å²) in [7, 11) is 1.87. The lowest BCUT2D eigenvalue weighted by atomic mass is 10.2. The highest BCUT2D eigenvalue weighted by Gasteiger charge is 2.20. The average molecular weight is 202 g/mol. The Balaban J connectivity index is 2.37. The predicted octanol–water partition coefficient (Wildman–Crippen LogP) is 0.992. The Hall–Kier alpha value is -0.350. The maximum atomic E-state index is 5.61. The van der Waals surface area contributed by atoms with Crippen LogP contribution in [0.2, 0.25) is 0 Å². The monoisotopic (exact) mass is 202 g/mol. The third-order valence-corrected chi connectivity index (χ3v) is 2.71. The van der Waals surface area contributed by atoms with E-state index >= 15 is 0 Å². The second-order valence-electron chi connectivity index (χ2n) is 3.28. The number of nitrogens with one attached hydrogen (secondary N) is 1. The van der Waals surface area contributed by atoms with E-state index < -0.39 is 0 Å². The number of hydrogen-bond donors (Lipinski definition) is 1. The first-order chi connectivity index (χ1) is 6.27. The summed E-state index contributed by atoms with van der Waals surface area (Å²) in [4.78, 5) is 2.18. The molecule has 0 amide bonds. The quantitative estimate of drug-likeness (QED) is 0.675. The van der Waals surface area contributed by atoms with Crippen LogP contribution in [-0.4, -0.2) is 42.9 Å². The Bertz CT molecular complexity index is 173. The van der Waals surface area contributed by atoms with Crippen molar-refractivity contribution in [1.29, 1.82) is 0 Å². The third kappa shape index (κ3) is 3.12. The summed E-state index contributed by atoms with van der Waals surface area (Å²) in [5.74, 6) is 0. The molecule has 1 unspecified atom stereocenters. The van der Waals surface area contributed by atoms with Gasteiger partial charge in [0.05, 0.1) is 12.7 Å². The van der Waals surface area contributed by atoms with Crippen LogP contribution in [0.1, 0.15) is 19.8 Å². The predicted molar refractivity (Wildman–Crippen MR) is 57.9 cm³/mol. The molecule has 1 rings (SSSR count). The molecule has 0 aromatic rings. The minimum atomic E-state index is 0.366. The molecule has 0 bridgehead atoms. The maximum Gasteiger partial charge on any atom is 0.168 e. The Morgan fingerprint density at radius 2 is 2.46 bits per heavy atom. The van der Waals surface area contributed by atoms with E-state index in [0.29, 0.717) is 6.10 Å². The molecular formula is C9H18N2OS. The first-order valence-corrected chi connectivity index (χ1v) is 5.27. The largest absolute Gasteiger partial charge is 0.375 e. The number of ether oxygens (including phenoxy) is 1. The zero-order chi connectivity index (χ0) is 9.68. The molecule has 1 N–H and O–H groups in total. The van der Waals surface area contributed by atoms with Gasteiger partial charge in [0.1, 0.15) is 0 Å². The van der Waals surface area contributed by atoms with E-state index in [2.05, 4.69) is 17.1 Å². The van der Waals surface area contributed by atoms with E-state index in [4.69, 9.17) is 17.0 Å². The molecular weight excluding hydrogens is 184 g/mol. The molecule has 76 valence electrons. The Morgan fingerprint density at radius 3 is 3.08 bits per heavy atom. The van der Waals surface area contributed by atoms with Crippen LogP contribution in [0.5, 0.6) is 0 Å². The molecule has 0 spiro atoms. The van der Waals surface area contributed by atoms with Crippen LogP contribution in [0, 0.1) is 0 Å². The van der Waals surface area contributed by atoms with E-state index in [1.54, 1.807) is 0 Å². The summed E-state index contributed by atoms with van der Waals surface area (Å²) in [6.07, 6.45) is 2.67. The van der Waals surface area contributed by atoms with Crippen LogP contribution in [0.25, 0.3) is 0 Å². The molecule has 13 heavy (non-hydrogen) atoms. The van der Waals surface area contributed by atoms with Crippen molar-refractivity contribution in [2.45, 2.75) is 25.9 Å². The molecule has 1 atom stereocenters. The number of nitrogens with zero attached hydrogens (tertiary/aromatic N) is 1. The van der Waals surface area contributed by atoms with Crippen LogP contribution in [0.3, 0.4) is 0 Å². The standard InChI is InChI=1S/C9H18N2OS/c1-3-4-8-7-11(5-6-12-8)9(13)10-2/h8H,3-7H2,1-2H3,(H,10,13). The summed E-state index contributed by atoms with van der Waals surface area (Å²) in [6, 6.07) is 0. The average Bonchev–Trinajstić information content (AvgIpc) is 2.18. The molecule has 0 saturated carbocycles. The fourth-order valence-electron chi connectivity index (χ4n) is 1.56. The van der Waals surface area contributed by atoms with Gasteiger partial charge in [0.2, 0.25) is 0 Å². The molecule has 0 aliphatic carbocycles. The van der Waals surface area contributed by atoms with Crippen LogP contribution in [0.4, 0.5) is 0 Å². The molecule has 0 aromatic heterocycles. The minimum absolute atomic E-state index is 0.366. The molecule has 1 aliphatic rings. The van der Waals surface area contributed by atoms with Gasteiger partial charge in [-0.1, -0.05) is 13.3 Å². The van der Waals surface area contributed by atoms with Gasteiger partial charge in [-0.05, 0) is 18.6 Å². The Kier molecular flexibility index (Phi) is 4.45. The van der Waals surface area contributed by atoms with Gasteiger partial charge in [-0.25, -0.2) is 0 Å². The molecule has 1 saturated heterocycles. The van der Waals surface area contributed by atoms with Gasteiger partial charge in [-0.3, -0.25) is 0 Å². The van der Waals surface area contributed by atoms with Crippen molar-refractivity contribution in [3.8, 4) is 0 Å². The lowest BCUT2D eigenvalue weighted by molar-refractivity contribution is -0.0100. The Labute approximate surface area is 85.4 Å². The summed E-state index contributed by atoms with van der Waals surface area (Å²) in [5.41, 5.74) is 0. The second-order valence-corrected chi connectivity index (χ2v) is 3.67. The summed E-state index contributed by atoms with van der Waals surface area (Å²) < 4.78 is 5.61. The van der Waals surface area contributed by atoms with Gasteiger partial charge < -0.3 is 15.0 Å². The maximum absolute atomic E-state index is 5.61. The number of thiocarbonyl (C=S) groups is 1. The highest BCUT2D eigenvalue weighted by molar-refractivity contribution is 7.80. The highest BCUT2D eigenvalue weighted by Crippen LogP contribution is 2.10. The molecule has 1 heterocycles. The van der Waals surface area contributed by atoms with E-state index in [-0.39, 0.29) is 0 Å². The van der Waals surface area contributed by atoms with Gasteiger partial charge in [-0.2, -0.15) is 0 Å². The van der Waals surface area contributed by atoms with Gasteiger partial charge >= 0.3 is 0 Å². The Morgan fingerprint density at radius 1 is 1.69 bits per heavy atom. The summed E-state index contributed by atoms with van der Waals surface area (Å²) in [5, 5.41) is 3.84. The van der Waals surface area contributed by atoms with Crippen molar-refractivity contribution in [3.63, 3.8) is 0 Å². The van der Waals surface area contributed by atoms with Crippen molar-refractivity contribution in [1.82, 2.24) is 10.2 Å². The first kappa shape index (κ1) is 10.7. The third-order valence-electron chi connectivity index (χ3n) is 2.25. The molecule has 4 heteroatoms. The smallest absolute Gasteiger partial charge is 0.168 e. The van der Waals surface area contributed by atoms with Gasteiger partial charge in [0.25, 0.3) is 0 Å². The lowest BCUT2D eigenvalue weighted by Crippen LogP contribution is -2.48. The van der Waals surface area contributed by atoms with Crippen molar-refractivity contribution in [2.75, 3.05) is 26.7 Å². The van der Waals surface area contributed by atoms with E-state index in [0.717, 1.165) is 31.2 Å². The minimum Gasteiger partial charge on any atom is -0.375 e. The van der Waals surface area contributed by atoms with Gasteiger partial charge in [-0.15, -0.1) is 0 Å². The normalized spacial score (nSPS) is 22.9. The number of rotatable bonds is 2. The fourth-order valence-corrected chi connectivity index (χ4v) is 1.72. The van der Waals surface area contributed by atoms with Crippen LogP contribution < -0.4 is 5.32 Å². The SMILES string of the molecule is CCCC1CN(C(=S)NC)CCO1. The first-order valence-electron chi connectivity index (χ1n) is 4.86. The highest BCUT2D eigenvalue weighted by atomic mass is 32.1. The fraction of sp³-hybridized carbons (Fsp3) is 0.889. The summed E-state index contributed by atoms with van der Waals surface area (Å²) in [6.45, 7) is 4.83. The molecule has 3 nitrogen and oxygen atoms in total. The number of morpholine rings is 1. The number of hydrogen-bond acceptors (Lipinski definition) is 2. The summed E-state index contributed by atoms with van der Waals surface area (Å²) >= 11 is 5.17. The lowest BCUT2D eigenvalue weighted by Gasteiger charge is -2.34. The molecule has 0 aromatic carbocycles. The van der Waals surface area contributed by atoms with Crippen LogP contribution in [-0.2, 0) is 4.74 Å². The van der Waals surface area contributed by atoms with Crippen molar-refractivity contribution in [2.24, 2.45) is 0 Å². The van der Waals surface area contributed by atoms with E-state index in [1.165, 1.54) is 6.42 Å². The van der Waals surface area contributed by atoms with Crippen molar-refractivity contribution < 1.29 is 4.74 Å². The zero-order valence-electron chi connectivity index (χ0n) is 8.38.